The Morgan fingerprint density at radius 2 is 2.00 bits per heavy atom. The Bertz CT molecular complexity index is 1030. The standard InChI is InChI=1S/C20H16ClN3OS3/c21-16-8-4-3-7-15(16)17-12-27-19(23-17)24-18(25)14-6-2-1-5-13(14)11-28-20-22-9-10-26-20/h1-8,12H,9-11H2,(H,23,24,25). The van der Waals surface area contributed by atoms with Crippen molar-refractivity contribution in [3.8, 4) is 11.3 Å². The summed E-state index contributed by atoms with van der Waals surface area (Å²) in [5.41, 5.74) is 3.26. The smallest absolute Gasteiger partial charge is 0.257 e. The van der Waals surface area contributed by atoms with Crippen molar-refractivity contribution in [2.75, 3.05) is 17.6 Å². The van der Waals surface area contributed by atoms with Crippen LogP contribution in [0.2, 0.25) is 5.02 Å². The number of hydrogen-bond donors (Lipinski definition) is 1. The molecule has 1 aromatic heterocycles. The van der Waals surface area contributed by atoms with Gasteiger partial charge in [0.05, 0.1) is 12.2 Å². The van der Waals surface area contributed by atoms with Crippen molar-refractivity contribution in [3.05, 3.63) is 70.1 Å². The molecule has 1 amide bonds. The molecular weight excluding hydrogens is 430 g/mol. The molecule has 0 unspecified atom stereocenters. The number of aliphatic imine (C=N–C) groups is 1. The van der Waals surface area contributed by atoms with Crippen molar-refractivity contribution in [3.63, 3.8) is 0 Å². The van der Waals surface area contributed by atoms with Gasteiger partial charge in [0.15, 0.2) is 5.13 Å². The third kappa shape index (κ3) is 4.60. The molecule has 0 saturated heterocycles. The van der Waals surface area contributed by atoms with E-state index in [1.54, 1.807) is 23.5 Å². The number of carbonyl (C=O) groups excluding carboxylic acids is 1. The van der Waals surface area contributed by atoms with Crippen LogP contribution in [0, 0.1) is 0 Å². The van der Waals surface area contributed by atoms with Gasteiger partial charge in [-0.05, 0) is 17.7 Å². The Morgan fingerprint density at radius 1 is 1.18 bits per heavy atom. The fourth-order valence-electron chi connectivity index (χ4n) is 2.70. The molecule has 0 aliphatic carbocycles. The van der Waals surface area contributed by atoms with E-state index < -0.39 is 0 Å². The minimum absolute atomic E-state index is 0.155. The van der Waals surface area contributed by atoms with Crippen LogP contribution in [0.5, 0.6) is 0 Å². The predicted molar refractivity (Wildman–Crippen MR) is 123 cm³/mol. The van der Waals surface area contributed by atoms with Gasteiger partial charge in [-0.2, -0.15) is 0 Å². The molecule has 0 atom stereocenters. The molecule has 2 aromatic carbocycles. The summed E-state index contributed by atoms with van der Waals surface area (Å²) in [5.74, 6) is 1.61. The summed E-state index contributed by atoms with van der Waals surface area (Å²) < 4.78 is 1.10. The van der Waals surface area contributed by atoms with Gasteiger partial charge >= 0.3 is 0 Å². The van der Waals surface area contributed by atoms with Crippen LogP contribution >= 0.6 is 46.5 Å². The van der Waals surface area contributed by atoms with Crippen LogP contribution in [0.3, 0.4) is 0 Å². The molecule has 4 nitrogen and oxygen atoms in total. The lowest BCUT2D eigenvalue weighted by molar-refractivity contribution is 0.102. The molecule has 2 heterocycles. The quantitative estimate of drug-likeness (QED) is 0.519. The fraction of sp³-hybridized carbons (Fsp3) is 0.150. The number of thiazole rings is 1. The zero-order valence-corrected chi connectivity index (χ0v) is 17.9. The molecule has 1 aliphatic heterocycles. The van der Waals surface area contributed by atoms with Crippen molar-refractivity contribution < 1.29 is 4.79 Å². The predicted octanol–water partition coefficient (Wildman–Crippen LogP) is 6.05. The molecular formula is C20H16ClN3OS3. The lowest BCUT2D eigenvalue weighted by atomic mass is 10.1. The van der Waals surface area contributed by atoms with Crippen LogP contribution in [0.25, 0.3) is 11.3 Å². The second kappa shape index (κ2) is 9.13. The second-order valence-electron chi connectivity index (χ2n) is 5.91. The topological polar surface area (TPSA) is 54.4 Å². The normalized spacial score (nSPS) is 13.4. The van der Waals surface area contributed by atoms with Crippen LogP contribution in [0.4, 0.5) is 5.13 Å². The van der Waals surface area contributed by atoms with Gasteiger partial charge in [-0.15, -0.1) is 11.3 Å². The van der Waals surface area contributed by atoms with E-state index in [0.717, 1.165) is 39.2 Å². The molecule has 142 valence electrons. The van der Waals surface area contributed by atoms with E-state index >= 15 is 0 Å². The third-order valence-electron chi connectivity index (χ3n) is 4.05. The maximum Gasteiger partial charge on any atom is 0.257 e. The second-order valence-corrected chi connectivity index (χ2v) is 9.49. The summed E-state index contributed by atoms with van der Waals surface area (Å²) in [6.45, 7) is 0.882. The summed E-state index contributed by atoms with van der Waals surface area (Å²) in [4.78, 5) is 21.8. The summed E-state index contributed by atoms with van der Waals surface area (Å²) in [5, 5.41) is 6.01. The summed E-state index contributed by atoms with van der Waals surface area (Å²) >= 11 is 11.1. The van der Waals surface area contributed by atoms with Crippen molar-refractivity contribution in [2.24, 2.45) is 4.99 Å². The minimum Gasteiger partial charge on any atom is -0.298 e. The Labute approximate surface area is 180 Å². The van der Waals surface area contributed by atoms with Crippen LogP contribution < -0.4 is 5.32 Å². The van der Waals surface area contributed by atoms with Gasteiger partial charge in [-0.25, -0.2) is 4.98 Å². The maximum absolute atomic E-state index is 12.8. The minimum atomic E-state index is -0.155. The number of thioether (sulfide) groups is 2. The highest BCUT2D eigenvalue weighted by atomic mass is 35.5. The molecule has 8 heteroatoms. The van der Waals surface area contributed by atoms with Gasteiger partial charge in [0.25, 0.3) is 5.91 Å². The number of anilines is 1. The van der Waals surface area contributed by atoms with E-state index in [2.05, 4.69) is 15.3 Å². The number of rotatable bonds is 5. The first kappa shape index (κ1) is 19.5. The fourth-order valence-corrected chi connectivity index (χ4v) is 5.65. The highest BCUT2D eigenvalue weighted by Crippen LogP contribution is 2.31. The number of aromatic nitrogens is 1. The van der Waals surface area contributed by atoms with E-state index in [4.69, 9.17) is 11.6 Å². The number of hydrogen-bond acceptors (Lipinski definition) is 6. The van der Waals surface area contributed by atoms with E-state index in [1.807, 2.05) is 53.9 Å². The lowest BCUT2D eigenvalue weighted by Crippen LogP contribution is -2.14. The number of nitrogens with one attached hydrogen (secondary N) is 1. The SMILES string of the molecule is O=C(Nc1nc(-c2ccccc2Cl)cs1)c1ccccc1CSC1=NCCS1. The Kier molecular flexibility index (Phi) is 6.36. The van der Waals surface area contributed by atoms with E-state index in [9.17, 15) is 4.79 Å². The number of amides is 1. The molecule has 28 heavy (non-hydrogen) atoms. The molecule has 0 bridgehead atoms. The maximum atomic E-state index is 12.8. The first-order chi connectivity index (χ1) is 13.7. The number of nitrogens with zero attached hydrogens (tertiary/aromatic N) is 2. The third-order valence-corrected chi connectivity index (χ3v) is 7.43. The van der Waals surface area contributed by atoms with Gasteiger partial charge in [-0.1, -0.05) is 71.5 Å². The average Bonchev–Trinajstić information content (AvgIpc) is 3.39. The number of benzene rings is 2. The van der Waals surface area contributed by atoms with Crippen LogP contribution in [-0.2, 0) is 5.75 Å². The van der Waals surface area contributed by atoms with Crippen LogP contribution in [0.15, 0.2) is 58.9 Å². The zero-order chi connectivity index (χ0) is 19.3. The van der Waals surface area contributed by atoms with Gasteiger partial charge in [0, 0.05) is 33.0 Å². The highest BCUT2D eigenvalue weighted by molar-refractivity contribution is 8.38. The molecule has 1 aliphatic rings. The molecule has 0 radical (unpaired) electrons. The molecule has 0 fully saturated rings. The molecule has 0 spiro atoms. The summed E-state index contributed by atoms with van der Waals surface area (Å²) in [6, 6.07) is 15.2. The van der Waals surface area contributed by atoms with Crippen molar-refractivity contribution in [2.45, 2.75) is 5.75 Å². The van der Waals surface area contributed by atoms with Crippen molar-refractivity contribution >= 4 is 61.9 Å². The monoisotopic (exact) mass is 445 g/mol. The average molecular weight is 446 g/mol. The Hall–Kier alpha value is -1.80. The van der Waals surface area contributed by atoms with Gasteiger partial charge in [0.2, 0.25) is 0 Å². The van der Waals surface area contributed by atoms with Gasteiger partial charge in [-0.3, -0.25) is 15.1 Å². The largest absolute Gasteiger partial charge is 0.298 e. The van der Waals surface area contributed by atoms with Crippen LogP contribution in [-0.4, -0.2) is 27.6 Å². The summed E-state index contributed by atoms with van der Waals surface area (Å²) in [6.07, 6.45) is 0. The number of carbonyl (C=O) groups is 1. The van der Waals surface area contributed by atoms with E-state index in [1.165, 1.54) is 11.3 Å². The molecule has 1 N–H and O–H groups in total. The lowest BCUT2D eigenvalue weighted by Gasteiger charge is -2.08. The highest BCUT2D eigenvalue weighted by Gasteiger charge is 2.16. The van der Waals surface area contributed by atoms with Gasteiger partial charge in [0.1, 0.15) is 4.38 Å². The number of halogens is 1. The van der Waals surface area contributed by atoms with E-state index in [0.29, 0.717) is 15.7 Å². The van der Waals surface area contributed by atoms with Crippen molar-refractivity contribution in [1.82, 2.24) is 4.98 Å². The van der Waals surface area contributed by atoms with E-state index in [-0.39, 0.29) is 5.91 Å². The molecule has 0 saturated carbocycles. The molecule has 3 aromatic rings. The Morgan fingerprint density at radius 3 is 2.82 bits per heavy atom. The first-order valence-electron chi connectivity index (χ1n) is 8.60. The first-order valence-corrected chi connectivity index (χ1v) is 11.8. The summed E-state index contributed by atoms with van der Waals surface area (Å²) in [7, 11) is 0. The van der Waals surface area contributed by atoms with Crippen molar-refractivity contribution in [1.29, 1.82) is 0 Å². The van der Waals surface area contributed by atoms with Gasteiger partial charge < -0.3 is 0 Å². The zero-order valence-electron chi connectivity index (χ0n) is 14.7. The van der Waals surface area contributed by atoms with Crippen LogP contribution in [0.1, 0.15) is 15.9 Å². The Balaban J connectivity index is 1.48. The molecule has 4 rings (SSSR count).